The van der Waals surface area contributed by atoms with E-state index in [2.05, 4.69) is 15.2 Å². The average Bonchev–Trinajstić information content (AvgIpc) is 3.32. The number of carbonyl (C=O) groups excluding carboxylic acids is 1. The summed E-state index contributed by atoms with van der Waals surface area (Å²) in [6.07, 6.45) is 7.20. The Bertz CT molecular complexity index is 582. The van der Waals surface area contributed by atoms with Crippen molar-refractivity contribution in [2.45, 2.75) is 37.5 Å². The maximum atomic E-state index is 11.9. The average molecular weight is 368 g/mol. The highest BCUT2D eigenvalue weighted by Gasteiger charge is 2.62. The molecule has 4 heterocycles. The molecule has 2 bridgehead atoms. The molecule has 1 aromatic rings. The van der Waals surface area contributed by atoms with Gasteiger partial charge in [-0.05, 0) is 19.1 Å². The minimum Gasteiger partial charge on any atom is -0.370 e. The van der Waals surface area contributed by atoms with Crippen LogP contribution in [-0.4, -0.2) is 59.1 Å². The summed E-state index contributed by atoms with van der Waals surface area (Å²) in [5.41, 5.74) is 0.0383. The largest absolute Gasteiger partial charge is 0.370 e. The van der Waals surface area contributed by atoms with E-state index >= 15 is 0 Å². The van der Waals surface area contributed by atoms with E-state index in [0.717, 1.165) is 38.4 Å². The van der Waals surface area contributed by atoms with Gasteiger partial charge in [-0.15, -0.1) is 11.3 Å². The van der Waals surface area contributed by atoms with Crippen LogP contribution in [0.1, 0.15) is 24.3 Å². The first-order valence-corrected chi connectivity index (χ1v) is 11.0. The minimum absolute atomic E-state index is 0.0383. The lowest BCUT2D eigenvalue weighted by atomic mass is 9.73. The lowest BCUT2D eigenvalue weighted by Crippen LogP contribution is -2.41. The first kappa shape index (κ1) is 16.8. The van der Waals surface area contributed by atoms with E-state index in [1.54, 1.807) is 23.1 Å². The highest BCUT2D eigenvalue weighted by molar-refractivity contribution is 7.98. The molecule has 1 spiro atoms. The summed E-state index contributed by atoms with van der Waals surface area (Å²) in [6.45, 7) is 3.79. The van der Waals surface area contributed by atoms with Crippen LogP contribution in [-0.2, 0) is 16.1 Å². The van der Waals surface area contributed by atoms with Gasteiger partial charge < -0.3 is 10.1 Å². The number of fused-ring (bicyclic) bond motifs is 1. The van der Waals surface area contributed by atoms with Crippen molar-refractivity contribution >= 4 is 29.0 Å². The van der Waals surface area contributed by atoms with Gasteiger partial charge in [-0.2, -0.15) is 11.8 Å². The van der Waals surface area contributed by atoms with Crippen LogP contribution in [0.25, 0.3) is 0 Å². The van der Waals surface area contributed by atoms with Gasteiger partial charge in [0.1, 0.15) is 5.01 Å². The Hall–Kier alpha value is -0.630. The van der Waals surface area contributed by atoms with Gasteiger partial charge >= 0.3 is 0 Å². The summed E-state index contributed by atoms with van der Waals surface area (Å²) in [6, 6.07) is 0. The number of hydrogen-bond acceptors (Lipinski definition) is 6. The number of likely N-dealkylation sites (tertiary alicyclic amines) is 1. The van der Waals surface area contributed by atoms with Crippen LogP contribution in [0.2, 0.25) is 0 Å². The van der Waals surface area contributed by atoms with E-state index in [0.29, 0.717) is 24.4 Å². The number of ether oxygens (including phenoxy) is 1. The number of thiazole rings is 1. The van der Waals surface area contributed by atoms with Gasteiger partial charge in [-0.3, -0.25) is 9.69 Å². The Morgan fingerprint density at radius 2 is 2.54 bits per heavy atom. The molecule has 3 saturated heterocycles. The van der Waals surface area contributed by atoms with Gasteiger partial charge in [-0.1, -0.05) is 0 Å². The molecule has 0 aromatic carbocycles. The molecule has 0 radical (unpaired) electrons. The molecule has 5 nitrogen and oxygen atoms in total. The van der Waals surface area contributed by atoms with Crippen LogP contribution in [0.15, 0.2) is 11.6 Å². The van der Waals surface area contributed by atoms with Crippen LogP contribution >= 0.6 is 23.1 Å². The third-order valence-electron chi connectivity index (χ3n) is 5.76. The summed E-state index contributed by atoms with van der Waals surface area (Å²) < 4.78 is 6.45. The molecule has 1 amide bonds. The Balaban J connectivity index is 1.36. The lowest BCUT2D eigenvalue weighted by Gasteiger charge is -2.29. The quantitative estimate of drug-likeness (QED) is 0.799. The van der Waals surface area contributed by atoms with Crippen molar-refractivity contribution in [3.63, 3.8) is 0 Å². The predicted molar refractivity (Wildman–Crippen MR) is 97.2 cm³/mol. The van der Waals surface area contributed by atoms with Crippen molar-refractivity contribution in [1.82, 2.24) is 15.2 Å². The number of carbonyl (C=O) groups is 1. The number of thioether (sulfide) groups is 1. The van der Waals surface area contributed by atoms with E-state index in [1.807, 2.05) is 17.8 Å². The zero-order valence-electron chi connectivity index (χ0n) is 14.1. The van der Waals surface area contributed by atoms with Crippen molar-refractivity contribution < 1.29 is 9.53 Å². The van der Waals surface area contributed by atoms with Crippen molar-refractivity contribution in [2.24, 2.45) is 11.8 Å². The first-order chi connectivity index (χ1) is 11.7. The second-order valence-electron chi connectivity index (χ2n) is 7.17. The van der Waals surface area contributed by atoms with Crippen LogP contribution in [0.4, 0.5) is 0 Å². The third-order valence-corrected chi connectivity index (χ3v) is 7.14. The maximum Gasteiger partial charge on any atom is 0.220 e. The van der Waals surface area contributed by atoms with Gasteiger partial charge in [-0.25, -0.2) is 4.98 Å². The Morgan fingerprint density at radius 1 is 1.62 bits per heavy atom. The van der Waals surface area contributed by atoms with E-state index in [1.165, 1.54) is 11.4 Å². The molecule has 0 aliphatic carbocycles. The molecule has 1 aromatic heterocycles. The molecule has 7 heteroatoms. The van der Waals surface area contributed by atoms with Gasteiger partial charge in [0.15, 0.2) is 0 Å². The van der Waals surface area contributed by atoms with Gasteiger partial charge in [0.05, 0.1) is 18.2 Å². The zero-order valence-corrected chi connectivity index (χ0v) is 15.7. The van der Waals surface area contributed by atoms with Crippen LogP contribution < -0.4 is 5.32 Å². The normalized spacial score (nSPS) is 34.6. The Labute approximate surface area is 151 Å². The molecule has 4 rings (SSSR count). The molecule has 0 saturated carbocycles. The van der Waals surface area contributed by atoms with Gasteiger partial charge in [0.25, 0.3) is 0 Å². The molecule has 4 atom stereocenters. The summed E-state index contributed by atoms with van der Waals surface area (Å²) in [7, 11) is 0. The number of nitrogens with zero attached hydrogens (tertiary/aromatic N) is 2. The monoisotopic (exact) mass is 367 g/mol. The van der Waals surface area contributed by atoms with Gasteiger partial charge in [0.2, 0.25) is 5.91 Å². The summed E-state index contributed by atoms with van der Waals surface area (Å²) >= 11 is 3.44. The number of hydrogen-bond donors (Lipinski definition) is 1. The number of amides is 1. The molecule has 1 N–H and O–H groups in total. The standard InChI is InChI=1S/C17H25N3O2S2/c1-23-6-3-15(21)19-8-12-13-9-20(10-16-18-5-7-24-16)11-17(13)4-2-14(12)22-17/h5,7,12-14H,2-4,6,8-11H2,1H3,(H,19,21)/t12-,13+,14+,17+/m0/s1. The third kappa shape index (κ3) is 3.11. The molecule has 3 aliphatic heterocycles. The lowest BCUT2D eigenvalue weighted by molar-refractivity contribution is -0.121. The summed E-state index contributed by atoms with van der Waals surface area (Å²) in [4.78, 5) is 18.9. The fraction of sp³-hybridized carbons (Fsp3) is 0.765. The van der Waals surface area contributed by atoms with Crippen LogP contribution in [0.5, 0.6) is 0 Å². The number of nitrogens with one attached hydrogen (secondary N) is 1. The second-order valence-corrected chi connectivity index (χ2v) is 9.14. The van der Waals surface area contributed by atoms with E-state index in [-0.39, 0.29) is 11.5 Å². The molecule has 3 fully saturated rings. The van der Waals surface area contributed by atoms with Gasteiger partial charge in [0, 0.05) is 55.2 Å². The number of rotatable bonds is 7. The molecule has 132 valence electrons. The topological polar surface area (TPSA) is 54.5 Å². The molecular formula is C17H25N3O2S2. The predicted octanol–water partition coefficient (Wildman–Crippen LogP) is 1.99. The molecule has 24 heavy (non-hydrogen) atoms. The molecule has 3 aliphatic rings. The summed E-state index contributed by atoms with van der Waals surface area (Å²) in [5.74, 6) is 2.10. The molecular weight excluding hydrogens is 342 g/mol. The Kier molecular flexibility index (Phi) is 4.86. The number of aromatic nitrogens is 1. The first-order valence-electron chi connectivity index (χ1n) is 8.74. The van der Waals surface area contributed by atoms with Crippen molar-refractivity contribution in [3.05, 3.63) is 16.6 Å². The SMILES string of the molecule is CSCCC(=O)NC[C@H]1[C@H]2CN(Cc3nccs3)C[C@]23CC[C@H]1O3. The fourth-order valence-electron chi connectivity index (χ4n) is 4.72. The minimum atomic E-state index is 0.0383. The van der Waals surface area contributed by atoms with E-state index in [4.69, 9.17) is 4.74 Å². The van der Waals surface area contributed by atoms with E-state index < -0.39 is 0 Å². The van der Waals surface area contributed by atoms with Crippen molar-refractivity contribution in [3.8, 4) is 0 Å². The van der Waals surface area contributed by atoms with E-state index in [9.17, 15) is 4.79 Å². The van der Waals surface area contributed by atoms with Crippen molar-refractivity contribution in [1.29, 1.82) is 0 Å². The highest BCUT2D eigenvalue weighted by Crippen LogP contribution is 2.54. The summed E-state index contributed by atoms with van der Waals surface area (Å²) in [5, 5.41) is 6.38. The Morgan fingerprint density at radius 3 is 3.33 bits per heavy atom. The maximum absolute atomic E-state index is 11.9. The van der Waals surface area contributed by atoms with Crippen molar-refractivity contribution in [2.75, 3.05) is 31.6 Å². The zero-order chi connectivity index (χ0) is 16.6. The van der Waals surface area contributed by atoms with Crippen LogP contribution in [0.3, 0.4) is 0 Å². The molecule has 0 unspecified atom stereocenters. The smallest absolute Gasteiger partial charge is 0.220 e. The van der Waals surface area contributed by atoms with Crippen LogP contribution in [0, 0.1) is 11.8 Å². The second kappa shape index (κ2) is 6.94. The highest BCUT2D eigenvalue weighted by atomic mass is 32.2. The fourth-order valence-corrected chi connectivity index (χ4v) is 5.76.